The molecule has 1 saturated heterocycles. The quantitative estimate of drug-likeness (QED) is 0.778. The Morgan fingerprint density at radius 2 is 2.25 bits per heavy atom. The van der Waals surface area contributed by atoms with E-state index in [1.807, 2.05) is 12.3 Å². The molecule has 0 radical (unpaired) electrons. The van der Waals surface area contributed by atoms with Crippen LogP contribution in [0.25, 0.3) is 0 Å². The van der Waals surface area contributed by atoms with Crippen LogP contribution in [0.1, 0.15) is 11.1 Å². The second kappa shape index (κ2) is 5.12. The minimum Gasteiger partial charge on any atom is -0.354 e. The summed E-state index contributed by atoms with van der Waals surface area (Å²) in [5, 5.41) is 3.36. The molecular formula is C13H19N3. The minimum absolute atomic E-state index is 0.902. The molecule has 1 fully saturated rings. The van der Waals surface area contributed by atoms with Crippen molar-refractivity contribution < 1.29 is 0 Å². The van der Waals surface area contributed by atoms with Crippen molar-refractivity contribution in [2.45, 2.75) is 13.3 Å². The fraction of sp³-hybridized carbons (Fsp3) is 0.462. The maximum absolute atomic E-state index is 4.53. The summed E-state index contributed by atoms with van der Waals surface area (Å²) in [6.07, 6.45) is 4.76. The summed E-state index contributed by atoms with van der Waals surface area (Å²) in [6.45, 7) is 10.1. The number of nitrogens with zero attached hydrogens (tertiary/aromatic N) is 2. The maximum Gasteiger partial charge on any atom is 0.132 e. The van der Waals surface area contributed by atoms with E-state index < -0.39 is 0 Å². The SMILES string of the molecule is C=CCc1c(C)ccnc1N1CCNCC1. The molecule has 0 aliphatic carbocycles. The Hall–Kier alpha value is -1.35. The molecule has 0 atom stereocenters. The third-order valence-electron chi connectivity index (χ3n) is 3.03. The molecule has 0 bridgehead atoms. The first-order valence-electron chi connectivity index (χ1n) is 5.84. The fourth-order valence-electron chi connectivity index (χ4n) is 2.12. The van der Waals surface area contributed by atoms with Crippen LogP contribution < -0.4 is 10.2 Å². The van der Waals surface area contributed by atoms with Gasteiger partial charge in [-0.2, -0.15) is 0 Å². The van der Waals surface area contributed by atoms with E-state index in [0.29, 0.717) is 0 Å². The summed E-state index contributed by atoms with van der Waals surface area (Å²) >= 11 is 0. The third-order valence-corrected chi connectivity index (χ3v) is 3.03. The van der Waals surface area contributed by atoms with E-state index in [1.54, 1.807) is 0 Å². The highest BCUT2D eigenvalue weighted by Gasteiger charge is 2.15. The van der Waals surface area contributed by atoms with Crippen molar-refractivity contribution in [1.29, 1.82) is 0 Å². The first-order chi connectivity index (χ1) is 7.83. The number of piperazine rings is 1. The summed E-state index contributed by atoms with van der Waals surface area (Å²) in [5.41, 5.74) is 2.63. The number of anilines is 1. The van der Waals surface area contributed by atoms with Gasteiger partial charge in [-0.3, -0.25) is 0 Å². The smallest absolute Gasteiger partial charge is 0.132 e. The molecule has 0 amide bonds. The van der Waals surface area contributed by atoms with Crippen LogP contribution in [-0.2, 0) is 6.42 Å². The van der Waals surface area contributed by atoms with Gasteiger partial charge < -0.3 is 10.2 Å². The Morgan fingerprint density at radius 3 is 2.94 bits per heavy atom. The molecule has 0 saturated carbocycles. The number of hydrogen-bond donors (Lipinski definition) is 1. The van der Waals surface area contributed by atoms with Gasteiger partial charge in [0.2, 0.25) is 0 Å². The number of hydrogen-bond acceptors (Lipinski definition) is 3. The van der Waals surface area contributed by atoms with Crippen molar-refractivity contribution in [3.8, 4) is 0 Å². The Morgan fingerprint density at radius 1 is 1.50 bits per heavy atom. The lowest BCUT2D eigenvalue weighted by molar-refractivity contribution is 0.583. The van der Waals surface area contributed by atoms with Crippen molar-refractivity contribution in [3.63, 3.8) is 0 Å². The van der Waals surface area contributed by atoms with Crippen molar-refractivity contribution in [1.82, 2.24) is 10.3 Å². The first kappa shape index (κ1) is 11.1. The molecule has 0 unspecified atom stereocenters. The van der Waals surface area contributed by atoms with Gasteiger partial charge in [-0.1, -0.05) is 6.08 Å². The van der Waals surface area contributed by atoms with Crippen molar-refractivity contribution in [3.05, 3.63) is 36.0 Å². The highest BCUT2D eigenvalue weighted by Crippen LogP contribution is 2.22. The van der Waals surface area contributed by atoms with Gasteiger partial charge in [-0.25, -0.2) is 4.98 Å². The van der Waals surface area contributed by atoms with E-state index in [9.17, 15) is 0 Å². The summed E-state index contributed by atoms with van der Waals surface area (Å²) in [4.78, 5) is 6.90. The molecule has 1 aromatic heterocycles. The highest BCUT2D eigenvalue weighted by atomic mass is 15.2. The van der Waals surface area contributed by atoms with Crippen molar-refractivity contribution in [2.75, 3.05) is 31.1 Å². The summed E-state index contributed by atoms with van der Waals surface area (Å²) in [7, 11) is 0. The summed E-state index contributed by atoms with van der Waals surface area (Å²) < 4.78 is 0. The zero-order valence-corrected chi connectivity index (χ0v) is 9.87. The van der Waals surface area contributed by atoms with E-state index in [1.165, 1.54) is 11.1 Å². The molecule has 2 rings (SSSR count). The van der Waals surface area contributed by atoms with Gasteiger partial charge >= 0.3 is 0 Å². The molecule has 3 heteroatoms. The summed E-state index contributed by atoms with van der Waals surface area (Å²) in [6, 6.07) is 2.07. The van der Waals surface area contributed by atoms with Crippen LogP contribution in [0, 0.1) is 6.92 Å². The molecule has 1 aliphatic rings. The minimum atomic E-state index is 0.902. The van der Waals surface area contributed by atoms with Gasteiger partial charge in [-0.15, -0.1) is 6.58 Å². The standard InChI is InChI=1S/C13H19N3/c1-3-4-12-11(2)5-6-15-13(12)16-9-7-14-8-10-16/h3,5-6,14H,1,4,7-10H2,2H3. The van der Waals surface area contributed by atoms with E-state index in [0.717, 1.165) is 38.4 Å². The zero-order chi connectivity index (χ0) is 11.4. The number of pyridine rings is 1. The normalized spacial score (nSPS) is 16.2. The van der Waals surface area contributed by atoms with Crippen LogP contribution in [0.2, 0.25) is 0 Å². The molecule has 1 aromatic rings. The number of aromatic nitrogens is 1. The van der Waals surface area contributed by atoms with Gasteiger partial charge in [0.1, 0.15) is 5.82 Å². The third kappa shape index (κ3) is 2.25. The molecule has 0 aromatic carbocycles. The average Bonchev–Trinajstić information content (AvgIpc) is 2.33. The lowest BCUT2D eigenvalue weighted by atomic mass is 10.1. The van der Waals surface area contributed by atoms with E-state index in [4.69, 9.17) is 0 Å². The second-order valence-electron chi connectivity index (χ2n) is 4.16. The molecule has 0 spiro atoms. The average molecular weight is 217 g/mol. The molecule has 2 heterocycles. The van der Waals surface area contributed by atoms with E-state index >= 15 is 0 Å². The van der Waals surface area contributed by atoms with Crippen LogP contribution in [0.5, 0.6) is 0 Å². The Balaban J connectivity index is 2.30. The Bertz CT molecular complexity index is 367. The molecule has 86 valence electrons. The predicted molar refractivity (Wildman–Crippen MR) is 68.0 cm³/mol. The van der Waals surface area contributed by atoms with Crippen molar-refractivity contribution >= 4 is 5.82 Å². The topological polar surface area (TPSA) is 28.2 Å². The molecule has 3 nitrogen and oxygen atoms in total. The summed E-state index contributed by atoms with van der Waals surface area (Å²) in [5.74, 6) is 1.14. The molecule has 1 aliphatic heterocycles. The molecule has 1 N–H and O–H groups in total. The van der Waals surface area contributed by atoms with E-state index in [-0.39, 0.29) is 0 Å². The van der Waals surface area contributed by atoms with Crippen molar-refractivity contribution in [2.24, 2.45) is 0 Å². The van der Waals surface area contributed by atoms with E-state index in [2.05, 4.69) is 34.8 Å². The highest BCUT2D eigenvalue weighted by molar-refractivity contribution is 5.51. The van der Waals surface area contributed by atoms with Gasteiger partial charge in [0.25, 0.3) is 0 Å². The first-order valence-corrected chi connectivity index (χ1v) is 5.84. The van der Waals surface area contributed by atoms with Gasteiger partial charge in [0, 0.05) is 37.9 Å². The van der Waals surface area contributed by atoms with Gasteiger partial charge in [0.15, 0.2) is 0 Å². The Labute approximate surface area is 97.2 Å². The number of rotatable bonds is 3. The van der Waals surface area contributed by atoms with Crippen LogP contribution >= 0.6 is 0 Å². The monoisotopic (exact) mass is 217 g/mol. The van der Waals surface area contributed by atoms with Crippen LogP contribution in [0.4, 0.5) is 5.82 Å². The van der Waals surface area contributed by atoms with Crippen LogP contribution in [0.15, 0.2) is 24.9 Å². The van der Waals surface area contributed by atoms with Gasteiger partial charge in [0.05, 0.1) is 0 Å². The molecular weight excluding hydrogens is 198 g/mol. The largest absolute Gasteiger partial charge is 0.354 e. The lowest BCUT2D eigenvalue weighted by Gasteiger charge is -2.30. The maximum atomic E-state index is 4.53. The lowest BCUT2D eigenvalue weighted by Crippen LogP contribution is -2.44. The number of aryl methyl sites for hydroxylation is 1. The fourth-order valence-corrected chi connectivity index (χ4v) is 2.12. The van der Waals surface area contributed by atoms with Crippen LogP contribution in [-0.4, -0.2) is 31.2 Å². The van der Waals surface area contributed by atoms with Crippen LogP contribution in [0.3, 0.4) is 0 Å². The Kier molecular flexibility index (Phi) is 3.57. The predicted octanol–water partition coefficient (Wildman–Crippen LogP) is 1.53. The number of allylic oxidation sites excluding steroid dienone is 1. The molecule has 16 heavy (non-hydrogen) atoms. The van der Waals surface area contributed by atoms with Gasteiger partial charge in [-0.05, 0) is 25.0 Å². The second-order valence-corrected chi connectivity index (χ2v) is 4.16. The zero-order valence-electron chi connectivity index (χ0n) is 9.87. The number of nitrogens with one attached hydrogen (secondary N) is 1.